The minimum absolute atomic E-state index is 0.00989. The molecule has 0 spiro atoms. The first kappa shape index (κ1) is 22.8. The van der Waals surface area contributed by atoms with Crippen molar-refractivity contribution in [2.45, 2.75) is 11.8 Å². The molecule has 172 valence electrons. The van der Waals surface area contributed by atoms with Gasteiger partial charge in [-0.1, -0.05) is 11.6 Å². The minimum Gasteiger partial charge on any atom is -0.494 e. The average Bonchev–Trinajstić information content (AvgIpc) is 2.80. The third kappa shape index (κ3) is 5.32. The molecule has 3 aromatic carbocycles. The van der Waals surface area contributed by atoms with Gasteiger partial charge in [0.1, 0.15) is 23.9 Å². The molecular formula is C23H21ClN2O6S. The van der Waals surface area contributed by atoms with Crippen LogP contribution in [0, 0.1) is 0 Å². The van der Waals surface area contributed by atoms with Gasteiger partial charge in [-0.25, -0.2) is 8.42 Å². The number of hydrogen-bond donors (Lipinski definition) is 2. The van der Waals surface area contributed by atoms with Crippen LogP contribution in [-0.2, 0) is 10.0 Å². The molecule has 0 saturated heterocycles. The number of benzene rings is 3. The fourth-order valence-electron chi connectivity index (χ4n) is 3.17. The highest BCUT2D eigenvalue weighted by atomic mass is 35.5. The monoisotopic (exact) mass is 488 g/mol. The van der Waals surface area contributed by atoms with E-state index in [1.54, 1.807) is 42.5 Å². The highest BCUT2D eigenvalue weighted by molar-refractivity contribution is 7.92. The molecule has 1 heterocycles. The number of anilines is 2. The second-order valence-corrected chi connectivity index (χ2v) is 9.08. The largest absolute Gasteiger partial charge is 0.494 e. The summed E-state index contributed by atoms with van der Waals surface area (Å²) in [6, 6.07) is 15.5. The summed E-state index contributed by atoms with van der Waals surface area (Å²) in [6.07, 6.45) is 0. The first-order valence-electron chi connectivity index (χ1n) is 10.1. The number of nitrogens with one attached hydrogen (secondary N) is 2. The smallest absolute Gasteiger partial charge is 0.263 e. The Balaban J connectivity index is 1.53. The van der Waals surface area contributed by atoms with Crippen molar-refractivity contribution in [1.29, 1.82) is 0 Å². The van der Waals surface area contributed by atoms with Gasteiger partial charge in [-0.15, -0.1) is 0 Å². The number of halogens is 1. The van der Waals surface area contributed by atoms with Crippen molar-refractivity contribution in [3.63, 3.8) is 0 Å². The van der Waals surface area contributed by atoms with Crippen LogP contribution in [0.15, 0.2) is 65.6 Å². The van der Waals surface area contributed by atoms with E-state index < -0.39 is 15.9 Å². The van der Waals surface area contributed by atoms with Crippen LogP contribution in [0.25, 0.3) is 0 Å². The zero-order valence-electron chi connectivity index (χ0n) is 17.6. The molecule has 0 radical (unpaired) electrons. The molecule has 0 bridgehead atoms. The van der Waals surface area contributed by atoms with Crippen molar-refractivity contribution in [2.75, 3.05) is 29.9 Å². The molecule has 10 heteroatoms. The van der Waals surface area contributed by atoms with Gasteiger partial charge in [-0.2, -0.15) is 0 Å². The van der Waals surface area contributed by atoms with Gasteiger partial charge in [-0.3, -0.25) is 9.52 Å². The van der Waals surface area contributed by atoms with Gasteiger partial charge in [0.25, 0.3) is 15.9 Å². The molecule has 0 fully saturated rings. The van der Waals surface area contributed by atoms with Crippen molar-refractivity contribution in [3.8, 4) is 17.2 Å². The summed E-state index contributed by atoms with van der Waals surface area (Å²) < 4.78 is 44.7. The molecule has 0 aliphatic carbocycles. The summed E-state index contributed by atoms with van der Waals surface area (Å²) in [5, 5.41) is 2.72. The molecule has 1 amide bonds. The Morgan fingerprint density at radius 2 is 1.67 bits per heavy atom. The fraction of sp³-hybridized carbons (Fsp3) is 0.174. The van der Waals surface area contributed by atoms with E-state index in [9.17, 15) is 13.2 Å². The topological polar surface area (TPSA) is 103 Å². The molecular weight excluding hydrogens is 468 g/mol. The Labute approximate surface area is 196 Å². The second-order valence-electron chi connectivity index (χ2n) is 7.02. The number of fused-ring (bicyclic) bond motifs is 1. The van der Waals surface area contributed by atoms with Gasteiger partial charge in [0.05, 0.1) is 11.6 Å². The van der Waals surface area contributed by atoms with Gasteiger partial charge >= 0.3 is 0 Å². The zero-order chi connectivity index (χ0) is 23.4. The average molecular weight is 489 g/mol. The SMILES string of the molecule is CCOc1ccc(NS(=O)(=O)c2cc(C(=O)Nc3ccc4c(c3)OCCO4)ccc2Cl)cc1. The normalized spacial score (nSPS) is 12.7. The van der Waals surface area contributed by atoms with Gasteiger partial charge in [0, 0.05) is 23.0 Å². The third-order valence-electron chi connectivity index (χ3n) is 4.70. The van der Waals surface area contributed by atoms with Crippen molar-refractivity contribution in [2.24, 2.45) is 0 Å². The summed E-state index contributed by atoms with van der Waals surface area (Å²) in [7, 11) is -4.05. The first-order chi connectivity index (χ1) is 15.9. The van der Waals surface area contributed by atoms with Crippen molar-refractivity contribution in [3.05, 3.63) is 71.2 Å². The lowest BCUT2D eigenvalue weighted by Gasteiger charge is -2.19. The van der Waals surface area contributed by atoms with Crippen LogP contribution >= 0.6 is 11.6 Å². The van der Waals surface area contributed by atoms with Crippen LogP contribution in [0.4, 0.5) is 11.4 Å². The third-order valence-corrected chi connectivity index (χ3v) is 6.56. The lowest BCUT2D eigenvalue weighted by molar-refractivity contribution is 0.102. The highest BCUT2D eigenvalue weighted by Crippen LogP contribution is 2.33. The Morgan fingerprint density at radius 1 is 0.970 bits per heavy atom. The maximum absolute atomic E-state index is 12.9. The predicted molar refractivity (Wildman–Crippen MR) is 125 cm³/mol. The Kier molecular flexibility index (Phi) is 6.62. The molecule has 4 rings (SSSR count). The van der Waals surface area contributed by atoms with E-state index in [0.29, 0.717) is 48.4 Å². The standard InChI is InChI=1S/C23H21ClN2O6S/c1-2-30-18-7-4-16(5-8-18)26-33(28,29)22-13-15(3-9-19(22)24)23(27)25-17-6-10-20-21(14-17)32-12-11-31-20/h3-10,13-14,26H,2,11-12H2,1H3,(H,25,27). The summed E-state index contributed by atoms with van der Waals surface area (Å²) in [5.74, 6) is 1.25. The van der Waals surface area contributed by atoms with E-state index in [4.69, 9.17) is 25.8 Å². The maximum atomic E-state index is 12.9. The van der Waals surface area contributed by atoms with E-state index in [0.717, 1.165) is 0 Å². The molecule has 1 aliphatic heterocycles. The molecule has 8 nitrogen and oxygen atoms in total. The van der Waals surface area contributed by atoms with Gasteiger partial charge in [-0.05, 0) is 61.5 Å². The Morgan fingerprint density at radius 3 is 2.39 bits per heavy atom. The van der Waals surface area contributed by atoms with Gasteiger partial charge in [0.15, 0.2) is 11.5 Å². The lowest BCUT2D eigenvalue weighted by atomic mass is 10.2. The number of carbonyl (C=O) groups excluding carboxylic acids is 1. The number of rotatable bonds is 7. The lowest BCUT2D eigenvalue weighted by Crippen LogP contribution is -2.17. The molecule has 0 atom stereocenters. The number of carbonyl (C=O) groups is 1. The van der Waals surface area contributed by atoms with Crippen molar-refractivity contribution >= 4 is 38.9 Å². The van der Waals surface area contributed by atoms with Crippen LogP contribution in [0.1, 0.15) is 17.3 Å². The van der Waals surface area contributed by atoms with Crippen LogP contribution in [0.3, 0.4) is 0 Å². The zero-order valence-corrected chi connectivity index (χ0v) is 19.2. The van der Waals surface area contributed by atoms with Crippen LogP contribution < -0.4 is 24.2 Å². The number of amides is 1. The number of ether oxygens (including phenoxy) is 3. The van der Waals surface area contributed by atoms with E-state index in [2.05, 4.69) is 10.0 Å². The molecule has 0 unspecified atom stereocenters. The van der Waals surface area contributed by atoms with E-state index in [-0.39, 0.29) is 15.5 Å². The minimum atomic E-state index is -4.05. The Bertz CT molecular complexity index is 1280. The van der Waals surface area contributed by atoms with E-state index >= 15 is 0 Å². The van der Waals surface area contributed by atoms with Gasteiger partial charge in [0.2, 0.25) is 0 Å². The van der Waals surface area contributed by atoms with E-state index in [1.807, 2.05) is 6.92 Å². The predicted octanol–water partition coefficient (Wildman–Crippen LogP) is 4.56. The molecule has 0 saturated carbocycles. The summed E-state index contributed by atoms with van der Waals surface area (Å²) in [5.41, 5.74) is 0.943. The molecule has 3 aromatic rings. The van der Waals surface area contributed by atoms with Crippen molar-refractivity contribution in [1.82, 2.24) is 0 Å². The number of hydrogen-bond acceptors (Lipinski definition) is 6. The highest BCUT2D eigenvalue weighted by Gasteiger charge is 2.21. The number of sulfonamides is 1. The van der Waals surface area contributed by atoms with Crippen LogP contribution in [0.2, 0.25) is 5.02 Å². The van der Waals surface area contributed by atoms with Crippen LogP contribution in [0.5, 0.6) is 17.2 Å². The van der Waals surface area contributed by atoms with E-state index in [1.165, 1.54) is 18.2 Å². The molecule has 0 aromatic heterocycles. The second kappa shape index (κ2) is 9.60. The maximum Gasteiger partial charge on any atom is 0.263 e. The molecule has 1 aliphatic rings. The summed E-state index contributed by atoms with van der Waals surface area (Å²) in [6.45, 7) is 3.24. The molecule has 2 N–H and O–H groups in total. The first-order valence-corrected chi connectivity index (χ1v) is 12.0. The van der Waals surface area contributed by atoms with Crippen molar-refractivity contribution < 1.29 is 27.4 Å². The quantitative estimate of drug-likeness (QED) is 0.505. The van der Waals surface area contributed by atoms with Gasteiger partial charge < -0.3 is 19.5 Å². The summed E-state index contributed by atoms with van der Waals surface area (Å²) >= 11 is 6.16. The Hall–Kier alpha value is -3.43. The van der Waals surface area contributed by atoms with Crippen LogP contribution in [-0.4, -0.2) is 34.1 Å². The molecule has 33 heavy (non-hydrogen) atoms. The fourth-order valence-corrected chi connectivity index (χ4v) is 4.76. The summed E-state index contributed by atoms with van der Waals surface area (Å²) in [4.78, 5) is 12.6.